The fourth-order valence-electron chi connectivity index (χ4n) is 0.920. The highest BCUT2D eigenvalue weighted by Gasteiger charge is 2.09. The number of hydrogen-bond donors (Lipinski definition) is 2. The van der Waals surface area contributed by atoms with E-state index in [-0.39, 0.29) is 11.8 Å². The summed E-state index contributed by atoms with van der Waals surface area (Å²) in [5, 5.41) is 8.51. The van der Waals surface area contributed by atoms with Gasteiger partial charge in [0.1, 0.15) is 5.76 Å². The zero-order valence-electron chi connectivity index (χ0n) is 6.78. The molecule has 3 N–H and O–H groups in total. The Bertz CT molecular complexity index is 278. The van der Waals surface area contributed by atoms with Gasteiger partial charge in [-0.2, -0.15) is 0 Å². The molecule has 0 radical (unpaired) electrons. The fourth-order valence-corrected chi connectivity index (χ4v) is 0.920. The molecule has 0 amide bonds. The maximum Gasteiger partial charge on any atom is 0.371 e. The first kappa shape index (κ1) is 8.80. The Balaban J connectivity index is 2.71. The van der Waals surface area contributed by atoms with Crippen molar-refractivity contribution in [1.29, 1.82) is 0 Å². The van der Waals surface area contributed by atoms with E-state index in [0.29, 0.717) is 12.2 Å². The summed E-state index contributed by atoms with van der Waals surface area (Å²) >= 11 is 0. The third-order valence-corrected chi connectivity index (χ3v) is 1.40. The van der Waals surface area contributed by atoms with E-state index in [9.17, 15) is 4.79 Å². The quantitative estimate of drug-likeness (QED) is 0.703. The molecule has 1 aromatic heterocycles. The van der Waals surface area contributed by atoms with Crippen molar-refractivity contribution in [2.45, 2.75) is 19.4 Å². The third kappa shape index (κ3) is 2.10. The van der Waals surface area contributed by atoms with Gasteiger partial charge in [0.25, 0.3) is 0 Å². The standard InChI is InChI=1S/C8H11NO3/c1-5(9)4-6-2-3-7(12-6)8(10)11/h2-3,5H,4,9H2,1H3,(H,10,11). The molecule has 1 aromatic rings. The van der Waals surface area contributed by atoms with Gasteiger partial charge in [0.15, 0.2) is 0 Å². The highest BCUT2D eigenvalue weighted by atomic mass is 16.4. The molecule has 0 aliphatic carbocycles. The van der Waals surface area contributed by atoms with Crippen molar-refractivity contribution in [2.75, 3.05) is 0 Å². The Labute approximate surface area is 70.0 Å². The van der Waals surface area contributed by atoms with Crippen LogP contribution in [0.4, 0.5) is 0 Å². The number of nitrogens with two attached hydrogens (primary N) is 1. The molecule has 1 atom stereocenters. The van der Waals surface area contributed by atoms with Crippen LogP contribution in [0.1, 0.15) is 23.2 Å². The van der Waals surface area contributed by atoms with Crippen molar-refractivity contribution in [1.82, 2.24) is 0 Å². The first-order chi connectivity index (χ1) is 5.59. The Kier molecular flexibility index (Phi) is 2.50. The molecule has 0 aliphatic rings. The molecule has 0 aromatic carbocycles. The van der Waals surface area contributed by atoms with Crippen molar-refractivity contribution < 1.29 is 14.3 Å². The molecule has 0 fully saturated rings. The minimum Gasteiger partial charge on any atom is -0.475 e. The summed E-state index contributed by atoms with van der Waals surface area (Å²) in [7, 11) is 0. The van der Waals surface area contributed by atoms with E-state index in [1.54, 1.807) is 6.07 Å². The van der Waals surface area contributed by atoms with Gasteiger partial charge in [-0.3, -0.25) is 0 Å². The predicted molar refractivity (Wildman–Crippen MR) is 43.0 cm³/mol. The van der Waals surface area contributed by atoms with Crippen LogP contribution in [0.2, 0.25) is 0 Å². The molecule has 1 rings (SSSR count). The van der Waals surface area contributed by atoms with Crippen LogP contribution in [-0.2, 0) is 6.42 Å². The molecular formula is C8H11NO3. The molecule has 12 heavy (non-hydrogen) atoms. The van der Waals surface area contributed by atoms with Gasteiger partial charge in [0, 0.05) is 12.5 Å². The van der Waals surface area contributed by atoms with Crippen LogP contribution in [0.3, 0.4) is 0 Å². The highest BCUT2D eigenvalue weighted by Crippen LogP contribution is 2.09. The minimum absolute atomic E-state index is 0.0159. The lowest BCUT2D eigenvalue weighted by molar-refractivity contribution is 0.0660. The molecule has 0 saturated heterocycles. The van der Waals surface area contributed by atoms with Crippen LogP contribution in [0.25, 0.3) is 0 Å². The smallest absolute Gasteiger partial charge is 0.371 e. The van der Waals surface area contributed by atoms with Crippen molar-refractivity contribution in [3.8, 4) is 0 Å². The van der Waals surface area contributed by atoms with Crippen LogP contribution >= 0.6 is 0 Å². The Morgan fingerprint density at radius 2 is 2.42 bits per heavy atom. The normalized spacial score (nSPS) is 12.8. The average Bonchev–Trinajstić information content (AvgIpc) is 2.34. The van der Waals surface area contributed by atoms with Crippen LogP contribution in [0.15, 0.2) is 16.5 Å². The maximum absolute atomic E-state index is 10.4. The molecule has 0 saturated carbocycles. The van der Waals surface area contributed by atoms with Gasteiger partial charge in [-0.1, -0.05) is 0 Å². The van der Waals surface area contributed by atoms with E-state index < -0.39 is 5.97 Å². The topological polar surface area (TPSA) is 76.5 Å². The second kappa shape index (κ2) is 3.40. The van der Waals surface area contributed by atoms with E-state index in [1.165, 1.54) is 6.07 Å². The molecule has 4 heteroatoms. The van der Waals surface area contributed by atoms with Gasteiger partial charge >= 0.3 is 5.97 Å². The zero-order chi connectivity index (χ0) is 9.14. The van der Waals surface area contributed by atoms with Crippen LogP contribution in [0, 0.1) is 0 Å². The highest BCUT2D eigenvalue weighted by molar-refractivity contribution is 5.84. The summed E-state index contributed by atoms with van der Waals surface area (Å²) in [5.74, 6) is -0.473. The summed E-state index contributed by atoms with van der Waals surface area (Å²) in [6.45, 7) is 1.84. The summed E-state index contributed by atoms with van der Waals surface area (Å²) < 4.78 is 4.98. The SMILES string of the molecule is CC(N)Cc1ccc(C(=O)O)o1. The van der Waals surface area contributed by atoms with Gasteiger partial charge in [0.05, 0.1) is 0 Å². The second-order valence-electron chi connectivity index (χ2n) is 2.75. The largest absolute Gasteiger partial charge is 0.475 e. The lowest BCUT2D eigenvalue weighted by Crippen LogP contribution is -2.17. The van der Waals surface area contributed by atoms with E-state index in [1.807, 2.05) is 6.92 Å². The lowest BCUT2D eigenvalue weighted by Gasteiger charge is -1.99. The lowest BCUT2D eigenvalue weighted by atomic mass is 10.2. The van der Waals surface area contributed by atoms with Crippen molar-refractivity contribution in [3.63, 3.8) is 0 Å². The average molecular weight is 169 g/mol. The van der Waals surface area contributed by atoms with Crippen LogP contribution in [0.5, 0.6) is 0 Å². The van der Waals surface area contributed by atoms with Gasteiger partial charge < -0.3 is 15.3 Å². The fraction of sp³-hybridized carbons (Fsp3) is 0.375. The summed E-state index contributed by atoms with van der Waals surface area (Å²) in [6.07, 6.45) is 0.563. The Morgan fingerprint density at radius 3 is 2.83 bits per heavy atom. The number of carboxylic acid groups (broad SMARTS) is 1. The molecule has 66 valence electrons. The van der Waals surface area contributed by atoms with E-state index in [4.69, 9.17) is 15.3 Å². The minimum atomic E-state index is -1.05. The van der Waals surface area contributed by atoms with Crippen LogP contribution in [-0.4, -0.2) is 17.1 Å². The number of hydrogen-bond acceptors (Lipinski definition) is 3. The van der Waals surface area contributed by atoms with Gasteiger partial charge in [-0.15, -0.1) is 0 Å². The summed E-state index contributed by atoms with van der Waals surface area (Å²) in [5.41, 5.74) is 5.50. The third-order valence-electron chi connectivity index (χ3n) is 1.40. The van der Waals surface area contributed by atoms with Gasteiger partial charge in [-0.25, -0.2) is 4.79 Å². The van der Waals surface area contributed by atoms with E-state index in [0.717, 1.165) is 0 Å². The Hall–Kier alpha value is -1.29. The number of carboxylic acids is 1. The molecular weight excluding hydrogens is 158 g/mol. The van der Waals surface area contributed by atoms with Crippen molar-refractivity contribution >= 4 is 5.97 Å². The van der Waals surface area contributed by atoms with E-state index in [2.05, 4.69) is 0 Å². The number of aromatic carboxylic acids is 1. The molecule has 0 spiro atoms. The number of furan rings is 1. The first-order valence-electron chi connectivity index (χ1n) is 3.67. The Morgan fingerprint density at radius 1 is 1.75 bits per heavy atom. The summed E-state index contributed by atoms with van der Waals surface area (Å²) in [6, 6.07) is 3.05. The predicted octanol–water partition coefficient (Wildman–Crippen LogP) is 0.868. The molecule has 0 bridgehead atoms. The van der Waals surface area contributed by atoms with E-state index >= 15 is 0 Å². The van der Waals surface area contributed by atoms with Crippen molar-refractivity contribution in [3.05, 3.63) is 23.7 Å². The number of carbonyl (C=O) groups is 1. The first-order valence-corrected chi connectivity index (χ1v) is 3.67. The van der Waals surface area contributed by atoms with Crippen LogP contribution < -0.4 is 5.73 Å². The summed E-state index contributed by atoms with van der Waals surface area (Å²) in [4.78, 5) is 10.4. The zero-order valence-corrected chi connectivity index (χ0v) is 6.78. The van der Waals surface area contributed by atoms with Gasteiger partial charge in [-0.05, 0) is 19.1 Å². The molecule has 1 unspecified atom stereocenters. The second-order valence-corrected chi connectivity index (χ2v) is 2.75. The number of rotatable bonds is 3. The molecule has 0 aliphatic heterocycles. The monoisotopic (exact) mass is 169 g/mol. The molecule has 1 heterocycles. The maximum atomic E-state index is 10.4. The molecule has 4 nitrogen and oxygen atoms in total. The van der Waals surface area contributed by atoms with Gasteiger partial charge in [0.2, 0.25) is 5.76 Å². The van der Waals surface area contributed by atoms with Crippen molar-refractivity contribution in [2.24, 2.45) is 5.73 Å².